The molecule has 3 heterocycles. The quantitative estimate of drug-likeness (QED) is 0.464. The molecule has 1 aliphatic rings. The van der Waals surface area contributed by atoms with E-state index in [2.05, 4.69) is 32.6 Å². The predicted octanol–water partition coefficient (Wildman–Crippen LogP) is 1.45. The number of morpholine rings is 1. The van der Waals surface area contributed by atoms with Gasteiger partial charge in [-0.25, -0.2) is 13.1 Å². The van der Waals surface area contributed by atoms with Crippen LogP contribution in [0.4, 0.5) is 0 Å². The minimum Gasteiger partial charge on any atom is -0.411 e. The molecule has 0 atom stereocenters. The Hall–Kier alpha value is -2.35. The summed E-state index contributed by atoms with van der Waals surface area (Å²) in [7, 11) is -3.60. The highest BCUT2D eigenvalue weighted by molar-refractivity contribution is 7.98. The molecule has 13 heteroatoms. The molecule has 0 unspecified atom stereocenters. The number of sulfonamides is 1. The van der Waals surface area contributed by atoms with Crippen molar-refractivity contribution in [1.82, 2.24) is 34.7 Å². The zero-order valence-corrected chi connectivity index (χ0v) is 18.0. The first-order chi connectivity index (χ1) is 14.6. The van der Waals surface area contributed by atoms with Gasteiger partial charge in [0.25, 0.3) is 5.22 Å². The maximum atomic E-state index is 12.9. The Balaban J connectivity index is 1.48. The molecule has 1 fully saturated rings. The van der Waals surface area contributed by atoms with Crippen molar-refractivity contribution < 1.29 is 17.6 Å². The highest BCUT2D eigenvalue weighted by Gasteiger charge is 2.27. The van der Waals surface area contributed by atoms with Crippen LogP contribution in [0.15, 0.2) is 38.8 Å². The third kappa shape index (κ3) is 4.53. The summed E-state index contributed by atoms with van der Waals surface area (Å²) in [6.45, 7) is 4.25. The highest BCUT2D eigenvalue weighted by atomic mass is 32.2. The summed E-state index contributed by atoms with van der Waals surface area (Å²) < 4.78 is 39.9. The Morgan fingerprint density at radius 3 is 2.80 bits per heavy atom. The summed E-state index contributed by atoms with van der Waals surface area (Å²) >= 11 is 1.32. The van der Waals surface area contributed by atoms with Crippen LogP contribution in [0.25, 0.3) is 11.5 Å². The van der Waals surface area contributed by atoms with Crippen LogP contribution in [-0.2, 0) is 27.1 Å². The van der Waals surface area contributed by atoms with Crippen LogP contribution in [-0.4, -0.2) is 69.4 Å². The van der Waals surface area contributed by atoms with E-state index in [1.807, 2.05) is 0 Å². The Labute approximate surface area is 177 Å². The zero-order chi connectivity index (χ0) is 21.0. The molecule has 3 aromatic rings. The lowest BCUT2D eigenvalue weighted by molar-refractivity contribution is 0.0730. The largest absolute Gasteiger partial charge is 0.411 e. The number of ether oxygens (including phenoxy) is 1. The molecule has 0 radical (unpaired) electrons. The number of hydrogen-bond donors (Lipinski definition) is 0. The molecule has 2 aromatic heterocycles. The fraction of sp³-hybridized carbons (Fsp3) is 0.471. The van der Waals surface area contributed by atoms with Crippen molar-refractivity contribution in [2.75, 3.05) is 26.3 Å². The summed E-state index contributed by atoms with van der Waals surface area (Å²) in [4.78, 5) is 0.188. The average Bonchev–Trinajstić information content (AvgIpc) is 3.43. The molecule has 30 heavy (non-hydrogen) atoms. The third-order valence-electron chi connectivity index (χ3n) is 4.46. The molecule has 0 aliphatic carbocycles. The molecule has 1 aliphatic heterocycles. The van der Waals surface area contributed by atoms with Gasteiger partial charge >= 0.3 is 0 Å². The minimum atomic E-state index is -3.60. The molecule has 160 valence electrons. The number of benzene rings is 1. The van der Waals surface area contributed by atoms with Crippen LogP contribution in [0, 0.1) is 0 Å². The Morgan fingerprint density at radius 2 is 2.00 bits per heavy atom. The monoisotopic (exact) mass is 451 g/mol. The van der Waals surface area contributed by atoms with E-state index < -0.39 is 10.0 Å². The molecule has 0 amide bonds. The Bertz CT molecular complexity index is 1090. The first-order valence-electron chi connectivity index (χ1n) is 9.47. The lowest BCUT2D eigenvalue weighted by Crippen LogP contribution is -2.40. The second-order valence-electron chi connectivity index (χ2n) is 6.52. The molecule has 0 bridgehead atoms. The fourth-order valence-corrected chi connectivity index (χ4v) is 5.10. The van der Waals surface area contributed by atoms with Gasteiger partial charge in [-0.1, -0.05) is 24.8 Å². The predicted molar refractivity (Wildman–Crippen MR) is 107 cm³/mol. The van der Waals surface area contributed by atoms with Crippen LogP contribution >= 0.6 is 11.8 Å². The molecule has 1 aromatic carbocycles. The van der Waals surface area contributed by atoms with Crippen molar-refractivity contribution in [3.63, 3.8) is 0 Å². The van der Waals surface area contributed by atoms with Gasteiger partial charge in [0.05, 0.1) is 23.9 Å². The normalized spacial score (nSPS) is 15.5. The number of nitrogens with zero attached hydrogens (tertiary/aromatic N) is 7. The van der Waals surface area contributed by atoms with Crippen molar-refractivity contribution in [1.29, 1.82) is 0 Å². The first-order valence-corrected chi connectivity index (χ1v) is 11.9. The number of aromatic nitrogens is 6. The standard InChI is InChI=1S/C17H21N7O4S2/c1-2-6-24-15(18-21-22-24)12-29-17-20-19-16(28-17)13-4-3-5-14(11-13)30(25,26)23-7-9-27-10-8-23/h3-5,11H,2,6-10,12H2,1H3. The molecule has 1 saturated heterocycles. The van der Waals surface area contributed by atoms with Gasteiger partial charge in [0.2, 0.25) is 15.9 Å². The van der Waals surface area contributed by atoms with E-state index in [0.29, 0.717) is 42.8 Å². The van der Waals surface area contributed by atoms with Gasteiger partial charge in [-0.3, -0.25) is 0 Å². The number of rotatable bonds is 8. The van der Waals surface area contributed by atoms with Gasteiger partial charge in [0.15, 0.2) is 5.82 Å². The SMILES string of the molecule is CCCn1nnnc1CSc1nnc(-c2cccc(S(=O)(=O)N3CCOCC3)c2)o1. The van der Waals surface area contributed by atoms with E-state index in [9.17, 15) is 8.42 Å². The van der Waals surface area contributed by atoms with Crippen molar-refractivity contribution >= 4 is 21.8 Å². The summed E-state index contributed by atoms with van der Waals surface area (Å²) in [5.41, 5.74) is 0.541. The summed E-state index contributed by atoms with van der Waals surface area (Å²) in [5.74, 6) is 1.46. The molecular weight excluding hydrogens is 430 g/mol. The van der Waals surface area contributed by atoms with Crippen molar-refractivity contribution in [3.8, 4) is 11.5 Å². The lowest BCUT2D eigenvalue weighted by Gasteiger charge is -2.26. The van der Waals surface area contributed by atoms with Crippen molar-refractivity contribution in [3.05, 3.63) is 30.1 Å². The lowest BCUT2D eigenvalue weighted by atomic mass is 10.2. The van der Waals surface area contributed by atoms with E-state index in [-0.39, 0.29) is 10.8 Å². The van der Waals surface area contributed by atoms with Gasteiger partial charge in [-0.2, -0.15) is 4.31 Å². The number of tetrazole rings is 1. The van der Waals surface area contributed by atoms with Gasteiger partial charge in [0.1, 0.15) is 0 Å². The molecule has 4 rings (SSSR count). The van der Waals surface area contributed by atoms with Crippen LogP contribution in [0.5, 0.6) is 0 Å². The van der Waals surface area contributed by atoms with Crippen LogP contribution in [0.3, 0.4) is 0 Å². The number of hydrogen-bond acceptors (Lipinski definition) is 10. The van der Waals surface area contributed by atoms with Gasteiger partial charge < -0.3 is 9.15 Å². The molecule has 11 nitrogen and oxygen atoms in total. The van der Waals surface area contributed by atoms with Gasteiger partial charge in [-0.15, -0.1) is 15.3 Å². The van der Waals surface area contributed by atoms with E-state index in [4.69, 9.17) is 9.15 Å². The maximum absolute atomic E-state index is 12.9. The zero-order valence-electron chi connectivity index (χ0n) is 16.3. The smallest absolute Gasteiger partial charge is 0.277 e. The molecule has 0 spiro atoms. The summed E-state index contributed by atoms with van der Waals surface area (Å²) in [6, 6.07) is 6.52. The van der Waals surface area contributed by atoms with Gasteiger partial charge in [0, 0.05) is 25.2 Å². The van der Waals surface area contributed by atoms with Gasteiger partial charge in [-0.05, 0) is 35.0 Å². The average molecular weight is 452 g/mol. The van der Waals surface area contributed by atoms with E-state index in [1.165, 1.54) is 16.1 Å². The van der Waals surface area contributed by atoms with Crippen molar-refractivity contribution in [2.24, 2.45) is 0 Å². The van der Waals surface area contributed by atoms with E-state index >= 15 is 0 Å². The Kier molecular flexibility index (Phi) is 6.41. The summed E-state index contributed by atoms with van der Waals surface area (Å²) in [5, 5.41) is 20.1. The summed E-state index contributed by atoms with van der Waals surface area (Å²) in [6.07, 6.45) is 0.928. The highest BCUT2D eigenvalue weighted by Crippen LogP contribution is 2.27. The van der Waals surface area contributed by atoms with Crippen LogP contribution in [0.2, 0.25) is 0 Å². The Morgan fingerprint density at radius 1 is 1.17 bits per heavy atom. The second kappa shape index (κ2) is 9.20. The minimum absolute atomic E-state index is 0.188. The van der Waals surface area contributed by atoms with E-state index in [1.54, 1.807) is 28.9 Å². The molecular formula is C17H21N7O4S2. The molecule has 0 saturated carbocycles. The first kappa shape index (κ1) is 20.9. The third-order valence-corrected chi connectivity index (χ3v) is 7.17. The topological polar surface area (TPSA) is 129 Å². The fourth-order valence-electron chi connectivity index (χ4n) is 2.95. The number of thioether (sulfide) groups is 1. The van der Waals surface area contributed by atoms with Crippen molar-refractivity contribution in [2.45, 2.75) is 35.8 Å². The number of aryl methyl sites for hydroxylation is 1. The second-order valence-corrected chi connectivity index (χ2v) is 9.39. The van der Waals surface area contributed by atoms with Crippen LogP contribution in [0.1, 0.15) is 19.2 Å². The maximum Gasteiger partial charge on any atom is 0.277 e. The van der Waals surface area contributed by atoms with E-state index in [0.717, 1.165) is 18.8 Å². The van der Waals surface area contributed by atoms with Crippen LogP contribution < -0.4 is 0 Å². The molecule has 0 N–H and O–H groups in total.